The molecule has 2 aliphatic carbocycles. The van der Waals surface area contributed by atoms with Crippen LogP contribution in [0.15, 0.2) is 24.3 Å². The molecule has 2 aliphatic rings. The van der Waals surface area contributed by atoms with E-state index in [0.29, 0.717) is 17.6 Å². The van der Waals surface area contributed by atoms with Gasteiger partial charge in [-0.25, -0.2) is 0 Å². The van der Waals surface area contributed by atoms with Gasteiger partial charge in [0.1, 0.15) is 5.78 Å². The largest absolute Gasteiger partial charge is 0.300 e. The molecule has 108 valence electrons. The normalized spacial score (nSPS) is 23.3. The number of hydrogen-bond donors (Lipinski definition) is 0. The lowest BCUT2D eigenvalue weighted by Crippen LogP contribution is -2.17. The van der Waals surface area contributed by atoms with Crippen molar-refractivity contribution in [3.63, 3.8) is 0 Å². The van der Waals surface area contributed by atoms with Gasteiger partial charge in [-0.15, -0.1) is 0 Å². The second kappa shape index (κ2) is 6.56. The molecule has 3 rings (SSSR count). The van der Waals surface area contributed by atoms with Crippen molar-refractivity contribution in [1.82, 2.24) is 0 Å². The summed E-state index contributed by atoms with van der Waals surface area (Å²) >= 11 is 0. The molecule has 1 aromatic rings. The minimum Gasteiger partial charge on any atom is -0.300 e. The van der Waals surface area contributed by atoms with E-state index in [9.17, 15) is 4.79 Å². The minimum atomic E-state index is 0.496. The van der Waals surface area contributed by atoms with Crippen LogP contribution in [0.25, 0.3) is 0 Å². The Morgan fingerprint density at radius 3 is 2.60 bits per heavy atom. The van der Waals surface area contributed by atoms with Gasteiger partial charge in [0.15, 0.2) is 0 Å². The number of fused-ring (bicyclic) bond motifs is 1. The maximum absolute atomic E-state index is 12.4. The van der Waals surface area contributed by atoms with Gasteiger partial charge in [-0.05, 0) is 42.2 Å². The fourth-order valence-electron chi connectivity index (χ4n) is 4.14. The predicted octanol–water partition coefficient (Wildman–Crippen LogP) is 5.04. The van der Waals surface area contributed by atoms with Gasteiger partial charge in [-0.1, -0.05) is 56.4 Å². The maximum Gasteiger partial charge on any atom is 0.133 e. The van der Waals surface area contributed by atoms with Crippen LogP contribution in [0.2, 0.25) is 0 Å². The summed E-state index contributed by atoms with van der Waals surface area (Å²) in [5.74, 6) is 1.70. The second-order valence-electron chi connectivity index (χ2n) is 6.74. The van der Waals surface area contributed by atoms with E-state index in [1.807, 2.05) is 0 Å². The number of ketones is 1. The third-order valence-electron chi connectivity index (χ3n) is 5.21. The Bertz CT molecular complexity index is 457. The monoisotopic (exact) mass is 270 g/mol. The first-order valence-electron chi connectivity index (χ1n) is 8.42. The zero-order valence-corrected chi connectivity index (χ0v) is 12.4. The molecule has 1 aromatic carbocycles. The van der Waals surface area contributed by atoms with E-state index < -0.39 is 0 Å². The molecule has 0 amide bonds. The first-order valence-corrected chi connectivity index (χ1v) is 8.42. The summed E-state index contributed by atoms with van der Waals surface area (Å²) in [6, 6.07) is 8.74. The Hall–Kier alpha value is -1.11. The molecular formula is C19H26O. The fourth-order valence-corrected chi connectivity index (χ4v) is 4.14. The molecule has 1 saturated carbocycles. The average molecular weight is 270 g/mol. The summed E-state index contributed by atoms with van der Waals surface area (Å²) < 4.78 is 0. The van der Waals surface area contributed by atoms with E-state index in [1.165, 1.54) is 62.5 Å². The highest BCUT2D eigenvalue weighted by Gasteiger charge is 2.24. The predicted molar refractivity (Wildman–Crippen MR) is 82.9 cm³/mol. The summed E-state index contributed by atoms with van der Waals surface area (Å²) in [6.07, 6.45) is 11.9. The van der Waals surface area contributed by atoms with Crippen LogP contribution < -0.4 is 0 Å². The van der Waals surface area contributed by atoms with Gasteiger partial charge in [0, 0.05) is 12.8 Å². The molecule has 0 bridgehead atoms. The number of rotatable bonds is 4. The Kier molecular flexibility index (Phi) is 4.54. The highest BCUT2D eigenvalue weighted by molar-refractivity contribution is 5.79. The van der Waals surface area contributed by atoms with Crippen molar-refractivity contribution in [2.45, 2.75) is 70.1 Å². The Morgan fingerprint density at radius 2 is 1.75 bits per heavy atom. The highest BCUT2D eigenvalue weighted by atomic mass is 16.1. The molecule has 0 N–H and O–H groups in total. The van der Waals surface area contributed by atoms with Gasteiger partial charge in [-0.2, -0.15) is 0 Å². The quantitative estimate of drug-likeness (QED) is 0.749. The van der Waals surface area contributed by atoms with Crippen molar-refractivity contribution in [1.29, 1.82) is 0 Å². The zero-order valence-electron chi connectivity index (χ0n) is 12.4. The lowest BCUT2D eigenvalue weighted by atomic mass is 9.78. The maximum atomic E-state index is 12.4. The van der Waals surface area contributed by atoms with Gasteiger partial charge in [0.05, 0.1) is 0 Å². The van der Waals surface area contributed by atoms with Crippen LogP contribution in [0.3, 0.4) is 0 Å². The lowest BCUT2D eigenvalue weighted by Gasteiger charge is -2.26. The lowest BCUT2D eigenvalue weighted by molar-refractivity contribution is -0.120. The number of Topliss-reactive ketones (excluding diaryl/α,β-unsaturated/α-hetero) is 1. The minimum absolute atomic E-state index is 0.496. The van der Waals surface area contributed by atoms with Gasteiger partial charge in [-0.3, -0.25) is 4.79 Å². The van der Waals surface area contributed by atoms with Crippen molar-refractivity contribution >= 4 is 5.78 Å². The zero-order chi connectivity index (χ0) is 13.8. The Labute approximate surface area is 122 Å². The molecule has 0 aliphatic heterocycles. The number of carbonyl (C=O) groups is 1. The number of benzene rings is 1. The Morgan fingerprint density at radius 1 is 0.950 bits per heavy atom. The van der Waals surface area contributed by atoms with Crippen LogP contribution in [0.1, 0.15) is 74.8 Å². The smallest absolute Gasteiger partial charge is 0.133 e. The molecule has 1 unspecified atom stereocenters. The molecule has 1 nitrogen and oxygen atoms in total. The summed E-state index contributed by atoms with van der Waals surface area (Å²) in [5.41, 5.74) is 2.94. The molecule has 0 radical (unpaired) electrons. The molecule has 20 heavy (non-hydrogen) atoms. The van der Waals surface area contributed by atoms with Gasteiger partial charge in [0.25, 0.3) is 0 Å². The van der Waals surface area contributed by atoms with Crippen LogP contribution in [-0.4, -0.2) is 5.78 Å². The summed E-state index contributed by atoms with van der Waals surface area (Å²) in [7, 11) is 0. The first kappa shape index (κ1) is 13.9. The Balaban J connectivity index is 1.59. The number of hydrogen-bond acceptors (Lipinski definition) is 1. The van der Waals surface area contributed by atoms with Crippen molar-refractivity contribution in [3.8, 4) is 0 Å². The fraction of sp³-hybridized carbons (Fsp3) is 0.632. The van der Waals surface area contributed by atoms with Gasteiger partial charge >= 0.3 is 0 Å². The van der Waals surface area contributed by atoms with Crippen molar-refractivity contribution in [3.05, 3.63) is 35.4 Å². The third-order valence-corrected chi connectivity index (χ3v) is 5.21. The molecule has 0 spiro atoms. The molecule has 0 saturated heterocycles. The summed E-state index contributed by atoms with van der Waals surface area (Å²) in [4.78, 5) is 12.4. The van der Waals surface area contributed by atoms with E-state index in [-0.39, 0.29) is 0 Å². The van der Waals surface area contributed by atoms with E-state index in [2.05, 4.69) is 24.3 Å². The summed E-state index contributed by atoms with van der Waals surface area (Å²) in [5, 5.41) is 0. The first-order chi connectivity index (χ1) is 9.83. The van der Waals surface area contributed by atoms with Crippen LogP contribution in [0.5, 0.6) is 0 Å². The molecule has 1 atom stereocenters. The van der Waals surface area contributed by atoms with Crippen molar-refractivity contribution in [2.75, 3.05) is 0 Å². The van der Waals surface area contributed by atoms with Gasteiger partial charge < -0.3 is 0 Å². The molecule has 0 aromatic heterocycles. The van der Waals surface area contributed by atoms with E-state index in [1.54, 1.807) is 0 Å². The van der Waals surface area contributed by atoms with E-state index >= 15 is 0 Å². The van der Waals surface area contributed by atoms with Crippen LogP contribution in [0, 0.1) is 5.92 Å². The third kappa shape index (κ3) is 3.31. The number of aryl methyl sites for hydroxylation is 1. The molecular weight excluding hydrogens is 244 g/mol. The molecule has 0 heterocycles. The highest BCUT2D eigenvalue weighted by Crippen LogP contribution is 2.35. The van der Waals surface area contributed by atoms with E-state index in [4.69, 9.17) is 0 Å². The SMILES string of the molecule is O=C(CC1CCCCC1)CC1CCCc2ccccc21. The van der Waals surface area contributed by atoms with Gasteiger partial charge in [0.2, 0.25) is 0 Å². The standard InChI is InChI=1S/C19H26O/c20-18(13-15-7-2-1-3-8-15)14-17-11-6-10-16-9-4-5-12-19(16)17/h4-5,9,12,15,17H,1-3,6-8,10-11,13-14H2. The molecule has 1 fully saturated rings. The second-order valence-corrected chi connectivity index (χ2v) is 6.74. The topological polar surface area (TPSA) is 17.1 Å². The van der Waals surface area contributed by atoms with Crippen LogP contribution >= 0.6 is 0 Å². The van der Waals surface area contributed by atoms with Crippen LogP contribution in [0.4, 0.5) is 0 Å². The van der Waals surface area contributed by atoms with Crippen LogP contribution in [-0.2, 0) is 11.2 Å². The van der Waals surface area contributed by atoms with Crippen molar-refractivity contribution < 1.29 is 4.79 Å². The molecule has 1 heteroatoms. The van der Waals surface area contributed by atoms with Crippen molar-refractivity contribution in [2.24, 2.45) is 5.92 Å². The van der Waals surface area contributed by atoms with E-state index in [0.717, 1.165) is 12.8 Å². The number of carbonyl (C=O) groups excluding carboxylic acids is 1. The summed E-state index contributed by atoms with van der Waals surface area (Å²) in [6.45, 7) is 0. The average Bonchev–Trinajstić information content (AvgIpc) is 2.48.